The van der Waals surface area contributed by atoms with Gasteiger partial charge in [-0.15, -0.1) is 6.42 Å². The Morgan fingerprint density at radius 1 is 1.24 bits per heavy atom. The zero-order valence-electron chi connectivity index (χ0n) is 17.2. The summed E-state index contributed by atoms with van der Waals surface area (Å²) in [5, 5.41) is 11.2. The number of esters is 2. The topological polar surface area (TPSA) is 72.8 Å². The van der Waals surface area contributed by atoms with Crippen molar-refractivity contribution in [2.24, 2.45) is 17.3 Å². The molecule has 0 spiro atoms. The van der Waals surface area contributed by atoms with Crippen LogP contribution in [0.5, 0.6) is 5.75 Å². The number of benzene rings is 1. The van der Waals surface area contributed by atoms with Gasteiger partial charge in [0.15, 0.2) is 5.60 Å². The SMILES string of the molecule is C#C[C@]1(OC(C)=O)CC[C@H]2[C@@H]3CCc4cc(OC(C)=O)ccc4[C@H]3[C@H](O)C[C@@]21C. The third-order valence-electron chi connectivity index (χ3n) is 7.61. The number of terminal acetylenes is 1. The summed E-state index contributed by atoms with van der Waals surface area (Å²) in [5.41, 5.74) is 0.879. The number of rotatable bonds is 2. The maximum absolute atomic E-state index is 11.8. The highest BCUT2D eigenvalue weighted by molar-refractivity contribution is 5.69. The zero-order valence-corrected chi connectivity index (χ0v) is 17.2. The maximum Gasteiger partial charge on any atom is 0.308 e. The van der Waals surface area contributed by atoms with Gasteiger partial charge in [0.05, 0.1) is 6.10 Å². The Morgan fingerprint density at radius 2 is 2.00 bits per heavy atom. The molecule has 2 fully saturated rings. The maximum atomic E-state index is 11.8. The Bertz CT molecular complexity index is 899. The molecule has 3 aliphatic carbocycles. The first-order valence-electron chi connectivity index (χ1n) is 10.4. The van der Waals surface area contributed by atoms with Gasteiger partial charge in [0.2, 0.25) is 0 Å². The summed E-state index contributed by atoms with van der Waals surface area (Å²) in [4.78, 5) is 23.1. The first kappa shape index (κ1) is 20.0. The first-order chi connectivity index (χ1) is 13.7. The molecule has 2 saturated carbocycles. The van der Waals surface area contributed by atoms with Gasteiger partial charge in [-0.3, -0.25) is 9.59 Å². The fourth-order valence-electron chi connectivity index (χ4n) is 6.54. The monoisotopic (exact) mass is 396 g/mol. The molecule has 6 atom stereocenters. The van der Waals surface area contributed by atoms with Crippen molar-refractivity contribution in [1.82, 2.24) is 0 Å². The Balaban J connectivity index is 1.69. The van der Waals surface area contributed by atoms with Crippen LogP contribution >= 0.6 is 0 Å². The lowest BCUT2D eigenvalue weighted by Crippen LogP contribution is -2.55. The van der Waals surface area contributed by atoms with Crippen molar-refractivity contribution in [2.45, 2.75) is 70.5 Å². The minimum absolute atomic E-state index is 0.0223. The molecule has 154 valence electrons. The molecule has 29 heavy (non-hydrogen) atoms. The molecule has 0 aliphatic heterocycles. The van der Waals surface area contributed by atoms with Gasteiger partial charge in [0.25, 0.3) is 0 Å². The highest BCUT2D eigenvalue weighted by Gasteiger charge is 2.65. The van der Waals surface area contributed by atoms with E-state index in [1.165, 1.54) is 13.8 Å². The second-order valence-corrected chi connectivity index (χ2v) is 9.08. The van der Waals surface area contributed by atoms with Crippen LogP contribution in [0.2, 0.25) is 0 Å². The molecular weight excluding hydrogens is 368 g/mol. The van der Waals surface area contributed by atoms with Crippen LogP contribution < -0.4 is 4.74 Å². The Hall–Kier alpha value is -2.32. The van der Waals surface area contributed by atoms with Crippen LogP contribution in [0.4, 0.5) is 0 Å². The van der Waals surface area contributed by atoms with Crippen LogP contribution in [-0.4, -0.2) is 28.8 Å². The van der Waals surface area contributed by atoms with E-state index < -0.39 is 17.1 Å². The number of hydrogen-bond donors (Lipinski definition) is 1. The van der Waals surface area contributed by atoms with Gasteiger partial charge < -0.3 is 14.6 Å². The molecule has 0 heterocycles. The second-order valence-electron chi connectivity index (χ2n) is 9.08. The minimum Gasteiger partial charge on any atom is -0.445 e. The van der Waals surface area contributed by atoms with Crippen LogP contribution in [0.1, 0.15) is 63.5 Å². The number of aliphatic hydroxyl groups is 1. The number of carbonyl (C=O) groups is 2. The third-order valence-corrected chi connectivity index (χ3v) is 7.61. The van der Waals surface area contributed by atoms with Gasteiger partial charge in [0.1, 0.15) is 5.75 Å². The fraction of sp³-hybridized carbons (Fsp3) is 0.583. The normalized spacial score (nSPS) is 37.5. The predicted octanol–water partition coefficient (Wildman–Crippen LogP) is 3.37. The Morgan fingerprint density at radius 3 is 2.66 bits per heavy atom. The van der Waals surface area contributed by atoms with E-state index in [0.29, 0.717) is 18.6 Å². The van der Waals surface area contributed by atoms with Crippen molar-refractivity contribution in [3.05, 3.63) is 29.3 Å². The van der Waals surface area contributed by atoms with Crippen molar-refractivity contribution >= 4 is 11.9 Å². The molecule has 1 aromatic carbocycles. The second kappa shape index (κ2) is 6.88. The van der Waals surface area contributed by atoms with Gasteiger partial charge in [0, 0.05) is 25.2 Å². The Labute approximate surface area is 171 Å². The number of ether oxygens (including phenoxy) is 2. The van der Waals surface area contributed by atoms with E-state index in [2.05, 4.69) is 12.8 Å². The molecule has 5 heteroatoms. The number of carbonyl (C=O) groups excluding carboxylic acids is 2. The van der Waals surface area contributed by atoms with Crippen LogP contribution in [0.3, 0.4) is 0 Å². The van der Waals surface area contributed by atoms with Crippen LogP contribution in [0, 0.1) is 29.6 Å². The highest BCUT2D eigenvalue weighted by Crippen LogP contribution is 2.65. The summed E-state index contributed by atoms with van der Waals surface area (Å²) in [5.74, 6) is 3.24. The van der Waals surface area contributed by atoms with E-state index in [1.807, 2.05) is 18.2 Å². The molecule has 0 saturated heterocycles. The van der Waals surface area contributed by atoms with Crippen molar-refractivity contribution in [1.29, 1.82) is 0 Å². The molecular formula is C24H28O5. The first-order valence-corrected chi connectivity index (χ1v) is 10.4. The quantitative estimate of drug-likeness (QED) is 0.471. The van der Waals surface area contributed by atoms with Gasteiger partial charge in [-0.25, -0.2) is 0 Å². The number of fused-ring (bicyclic) bond motifs is 5. The zero-order chi connectivity index (χ0) is 21.0. The Kier molecular flexibility index (Phi) is 4.74. The summed E-state index contributed by atoms with van der Waals surface area (Å²) in [6.45, 7) is 4.88. The summed E-state index contributed by atoms with van der Waals surface area (Å²) < 4.78 is 11.0. The molecule has 0 radical (unpaired) electrons. The molecule has 0 unspecified atom stereocenters. The lowest BCUT2D eigenvalue weighted by molar-refractivity contribution is -0.171. The van der Waals surface area contributed by atoms with Crippen molar-refractivity contribution in [3.8, 4) is 18.1 Å². The summed E-state index contributed by atoms with van der Waals surface area (Å²) >= 11 is 0. The van der Waals surface area contributed by atoms with Crippen molar-refractivity contribution in [3.63, 3.8) is 0 Å². The van der Waals surface area contributed by atoms with Gasteiger partial charge >= 0.3 is 11.9 Å². The van der Waals surface area contributed by atoms with Crippen LogP contribution in [0.25, 0.3) is 0 Å². The van der Waals surface area contributed by atoms with E-state index >= 15 is 0 Å². The molecule has 0 bridgehead atoms. The number of aryl methyl sites for hydroxylation is 1. The average Bonchev–Trinajstić information content (AvgIpc) is 2.92. The third kappa shape index (κ3) is 2.97. The molecule has 0 aromatic heterocycles. The number of hydrogen-bond acceptors (Lipinski definition) is 5. The summed E-state index contributed by atoms with van der Waals surface area (Å²) in [6.07, 6.45) is 9.16. The van der Waals surface area contributed by atoms with E-state index in [9.17, 15) is 14.7 Å². The molecule has 4 rings (SSSR count). The fourth-order valence-corrected chi connectivity index (χ4v) is 6.54. The molecule has 3 aliphatic rings. The van der Waals surface area contributed by atoms with Gasteiger partial charge in [-0.05, 0) is 67.2 Å². The van der Waals surface area contributed by atoms with Crippen LogP contribution in [-0.2, 0) is 20.7 Å². The van der Waals surface area contributed by atoms with Crippen molar-refractivity contribution in [2.75, 3.05) is 0 Å². The lowest BCUT2D eigenvalue weighted by Gasteiger charge is -2.54. The molecule has 1 N–H and O–H groups in total. The van der Waals surface area contributed by atoms with Crippen molar-refractivity contribution < 1.29 is 24.2 Å². The largest absolute Gasteiger partial charge is 0.445 e. The van der Waals surface area contributed by atoms with E-state index in [-0.39, 0.29) is 29.7 Å². The summed E-state index contributed by atoms with van der Waals surface area (Å²) in [7, 11) is 0. The van der Waals surface area contributed by atoms with Gasteiger partial charge in [-0.2, -0.15) is 0 Å². The van der Waals surface area contributed by atoms with E-state index in [0.717, 1.165) is 30.4 Å². The smallest absolute Gasteiger partial charge is 0.308 e. The molecule has 0 amide bonds. The predicted molar refractivity (Wildman–Crippen MR) is 107 cm³/mol. The standard InChI is InChI=1S/C24H28O5/c1-5-24(29-15(3)26)11-10-20-19-8-6-16-12-17(28-14(2)25)7-9-18(16)22(19)21(27)13-23(20,24)4/h1,7,9,12,19-22,27H,6,8,10-11,13H2,2-4H3/t19-,20-,21+,22+,23-,24-/m0/s1. The minimum atomic E-state index is -0.949. The number of aliphatic hydroxyl groups excluding tert-OH is 1. The highest BCUT2D eigenvalue weighted by atomic mass is 16.6. The van der Waals surface area contributed by atoms with E-state index in [1.54, 1.807) is 0 Å². The molecule has 1 aromatic rings. The van der Waals surface area contributed by atoms with E-state index in [4.69, 9.17) is 15.9 Å². The summed E-state index contributed by atoms with van der Waals surface area (Å²) in [6, 6.07) is 5.72. The van der Waals surface area contributed by atoms with Crippen LogP contribution in [0.15, 0.2) is 18.2 Å². The molecule has 5 nitrogen and oxygen atoms in total. The van der Waals surface area contributed by atoms with Gasteiger partial charge in [-0.1, -0.05) is 18.9 Å². The lowest BCUT2D eigenvalue weighted by atomic mass is 9.52. The average molecular weight is 396 g/mol.